The second-order valence-corrected chi connectivity index (χ2v) is 9.14. The van der Waals surface area contributed by atoms with Gasteiger partial charge in [0.15, 0.2) is 5.75 Å². The van der Waals surface area contributed by atoms with Crippen LogP contribution in [0.15, 0.2) is 45.8 Å². The van der Waals surface area contributed by atoms with Crippen LogP contribution in [0.4, 0.5) is 29.3 Å². The number of phenolic OH excluding ortho intramolecular Hbond substituents is 1. The summed E-state index contributed by atoms with van der Waals surface area (Å²) in [6.07, 6.45) is -4.66. The van der Waals surface area contributed by atoms with Crippen molar-refractivity contribution in [1.82, 2.24) is 4.72 Å². The van der Waals surface area contributed by atoms with Gasteiger partial charge in [0.25, 0.3) is 0 Å². The van der Waals surface area contributed by atoms with Crippen molar-refractivity contribution in [2.75, 3.05) is 23.7 Å². The van der Waals surface area contributed by atoms with Gasteiger partial charge in [-0.15, -0.1) is 0 Å². The molecule has 0 heterocycles. The molecule has 7 N–H and O–H groups in total. The summed E-state index contributed by atoms with van der Waals surface area (Å²) in [6.45, 7) is 0.397. The van der Waals surface area contributed by atoms with E-state index in [0.717, 1.165) is 0 Å². The maximum absolute atomic E-state index is 12.4. The number of rotatable bonds is 7. The van der Waals surface area contributed by atoms with Gasteiger partial charge in [-0.1, -0.05) is 23.7 Å². The predicted molar refractivity (Wildman–Crippen MR) is 122 cm³/mol. The number of aliphatic carboxylic acids is 1. The summed E-state index contributed by atoms with van der Waals surface area (Å²) in [5.41, 5.74) is 5.73. The molecule has 0 bridgehead atoms. The molecule has 16 heteroatoms. The molecule has 0 aliphatic rings. The third-order valence-corrected chi connectivity index (χ3v) is 6.29. The number of urea groups is 1. The Labute approximate surface area is 205 Å². The first-order valence-corrected chi connectivity index (χ1v) is 11.7. The van der Waals surface area contributed by atoms with Crippen LogP contribution in [0.3, 0.4) is 0 Å². The highest BCUT2D eigenvalue weighted by molar-refractivity contribution is 9.10. The van der Waals surface area contributed by atoms with Crippen molar-refractivity contribution < 1.29 is 41.4 Å². The van der Waals surface area contributed by atoms with Gasteiger partial charge in [-0.3, -0.25) is 0 Å². The van der Waals surface area contributed by atoms with E-state index in [1.165, 1.54) is 12.1 Å². The van der Waals surface area contributed by atoms with Gasteiger partial charge in [0.1, 0.15) is 4.90 Å². The molecule has 0 unspecified atom stereocenters. The highest BCUT2D eigenvalue weighted by Gasteiger charge is 2.38. The molecule has 0 saturated heterocycles. The fraction of sp³-hybridized carbons (Fsp3) is 0.222. The average molecular weight is 592 g/mol. The largest absolute Gasteiger partial charge is 0.504 e. The third-order valence-electron chi connectivity index (χ3n) is 3.64. The van der Waals surface area contributed by atoms with Gasteiger partial charge >= 0.3 is 18.2 Å². The zero-order valence-corrected chi connectivity index (χ0v) is 20.1. The first-order chi connectivity index (χ1) is 15.7. The zero-order chi connectivity index (χ0) is 26.1. The second-order valence-electron chi connectivity index (χ2n) is 6.17. The average Bonchev–Trinajstić information content (AvgIpc) is 2.71. The minimum Gasteiger partial charge on any atom is -0.504 e. The van der Waals surface area contributed by atoms with Gasteiger partial charge in [-0.05, 0) is 53.2 Å². The van der Waals surface area contributed by atoms with Crippen molar-refractivity contribution in [3.05, 3.63) is 45.9 Å². The minimum absolute atomic E-state index is 0.0920. The summed E-state index contributed by atoms with van der Waals surface area (Å²) < 4.78 is 59.5. The highest BCUT2D eigenvalue weighted by Crippen LogP contribution is 2.37. The van der Waals surface area contributed by atoms with E-state index in [9.17, 15) is 31.5 Å². The normalized spacial score (nSPS) is 11.2. The summed E-state index contributed by atoms with van der Waals surface area (Å²) in [5, 5.41) is 22.3. The Bertz CT molecular complexity index is 1140. The lowest BCUT2D eigenvalue weighted by molar-refractivity contribution is -0.192. The van der Waals surface area contributed by atoms with E-state index in [0.29, 0.717) is 23.1 Å². The quantitative estimate of drug-likeness (QED) is 0.210. The molecule has 2 rings (SSSR count). The molecule has 0 saturated carbocycles. The van der Waals surface area contributed by atoms with Crippen molar-refractivity contribution in [1.29, 1.82) is 0 Å². The molecule has 34 heavy (non-hydrogen) atoms. The van der Waals surface area contributed by atoms with Crippen molar-refractivity contribution in [2.24, 2.45) is 5.73 Å². The summed E-state index contributed by atoms with van der Waals surface area (Å²) in [7, 11) is -4.08. The molecule has 188 valence electrons. The molecule has 0 aliphatic carbocycles. The molecular formula is C18H19BrClF3N4O6S. The number of carbonyl (C=O) groups excluding carboxylic acids is 1. The topological polar surface area (TPSA) is 171 Å². The Morgan fingerprint density at radius 1 is 1.09 bits per heavy atom. The lowest BCUT2D eigenvalue weighted by Crippen LogP contribution is -2.27. The smallest absolute Gasteiger partial charge is 0.490 e. The number of sulfonamides is 1. The number of nitrogens with one attached hydrogen (secondary N) is 3. The molecule has 0 aromatic heterocycles. The highest BCUT2D eigenvalue weighted by atomic mass is 79.9. The molecule has 2 amide bonds. The monoisotopic (exact) mass is 590 g/mol. The lowest BCUT2D eigenvalue weighted by atomic mass is 10.3. The van der Waals surface area contributed by atoms with Crippen LogP contribution in [0.1, 0.15) is 6.42 Å². The Morgan fingerprint density at radius 3 is 2.18 bits per heavy atom. The van der Waals surface area contributed by atoms with Crippen molar-refractivity contribution in [3.63, 3.8) is 0 Å². The fourth-order valence-corrected chi connectivity index (χ4v) is 4.21. The number of carboxylic acid groups (broad SMARTS) is 1. The Morgan fingerprint density at radius 2 is 1.65 bits per heavy atom. The Hall–Kier alpha value is -2.59. The van der Waals surface area contributed by atoms with E-state index >= 15 is 0 Å². The number of carbonyl (C=O) groups is 2. The SMILES string of the molecule is NCCCNS(=O)(=O)c1c(Cl)ccc(NC(=O)Nc2ccccc2Br)c1O.O=C(O)C(F)(F)F. The van der Waals surface area contributed by atoms with Crippen molar-refractivity contribution >= 4 is 60.9 Å². The van der Waals surface area contributed by atoms with Gasteiger partial charge < -0.3 is 26.6 Å². The molecule has 0 radical (unpaired) electrons. The van der Waals surface area contributed by atoms with E-state index in [1.807, 2.05) is 0 Å². The van der Waals surface area contributed by atoms with E-state index in [1.54, 1.807) is 24.3 Å². The van der Waals surface area contributed by atoms with Crippen LogP contribution < -0.4 is 21.1 Å². The maximum Gasteiger partial charge on any atom is 0.490 e. The number of benzene rings is 2. The number of para-hydroxylation sites is 1. The summed E-state index contributed by atoms with van der Waals surface area (Å²) in [4.78, 5) is 20.6. The standard InChI is InChI=1S/C16H18BrClN4O4S.C2HF3O2/c17-10-4-1-2-5-12(10)21-16(24)22-13-7-6-11(18)15(14(13)23)27(25,26)20-9-3-8-19;3-2(4,5)1(6)7/h1-2,4-7,20,23H,3,8-9,19H2,(H2,21,22,24);(H,6,7). The van der Waals surface area contributed by atoms with E-state index in [4.69, 9.17) is 27.2 Å². The number of amides is 2. The zero-order valence-electron chi connectivity index (χ0n) is 17.0. The molecule has 0 aliphatic heterocycles. The van der Waals surface area contributed by atoms with Crippen LogP contribution in [-0.4, -0.2) is 49.9 Å². The first-order valence-electron chi connectivity index (χ1n) is 9.04. The van der Waals surface area contributed by atoms with Crippen LogP contribution in [0.25, 0.3) is 0 Å². The van der Waals surface area contributed by atoms with Crippen molar-refractivity contribution in [2.45, 2.75) is 17.5 Å². The summed E-state index contributed by atoms with van der Waals surface area (Å²) >= 11 is 9.24. The molecular weight excluding hydrogens is 573 g/mol. The first kappa shape index (κ1) is 29.4. The third kappa shape index (κ3) is 8.98. The Kier molecular flexibility index (Phi) is 11.0. The number of phenols is 1. The number of carboxylic acids is 1. The number of nitrogens with two attached hydrogens (primary N) is 1. The van der Waals surface area contributed by atoms with Crippen LogP contribution in [0, 0.1) is 0 Å². The Balaban J connectivity index is 0.000000718. The molecule has 0 spiro atoms. The maximum atomic E-state index is 12.4. The van der Waals surface area contributed by atoms with Crippen LogP contribution >= 0.6 is 27.5 Å². The van der Waals surface area contributed by atoms with Gasteiger partial charge in [-0.2, -0.15) is 13.2 Å². The van der Waals surface area contributed by atoms with Gasteiger partial charge in [-0.25, -0.2) is 22.7 Å². The number of aromatic hydroxyl groups is 1. The molecule has 0 fully saturated rings. The molecule has 0 atom stereocenters. The molecule has 2 aromatic rings. The van der Waals surface area contributed by atoms with Gasteiger partial charge in [0.05, 0.1) is 16.4 Å². The van der Waals surface area contributed by atoms with E-state index < -0.39 is 38.8 Å². The van der Waals surface area contributed by atoms with Crippen LogP contribution in [0.5, 0.6) is 5.75 Å². The van der Waals surface area contributed by atoms with Crippen LogP contribution in [-0.2, 0) is 14.8 Å². The van der Waals surface area contributed by atoms with E-state index in [2.05, 4.69) is 31.3 Å². The summed E-state index contributed by atoms with van der Waals surface area (Å²) in [5.74, 6) is -3.42. The van der Waals surface area contributed by atoms with Crippen LogP contribution in [0.2, 0.25) is 5.02 Å². The van der Waals surface area contributed by atoms with E-state index in [-0.39, 0.29) is 17.3 Å². The molecule has 10 nitrogen and oxygen atoms in total. The number of halogens is 5. The predicted octanol–water partition coefficient (Wildman–Crippen LogP) is 3.71. The van der Waals surface area contributed by atoms with Gasteiger partial charge in [0, 0.05) is 11.0 Å². The number of alkyl halides is 3. The minimum atomic E-state index is -5.08. The molecule has 2 aromatic carbocycles. The fourth-order valence-electron chi connectivity index (χ4n) is 2.12. The van der Waals surface area contributed by atoms with Crippen molar-refractivity contribution in [3.8, 4) is 5.75 Å². The lowest BCUT2D eigenvalue weighted by Gasteiger charge is -2.14. The number of hydrogen-bond acceptors (Lipinski definition) is 6. The van der Waals surface area contributed by atoms with Gasteiger partial charge in [0.2, 0.25) is 10.0 Å². The number of anilines is 2. The number of hydrogen-bond donors (Lipinski definition) is 6. The second kappa shape index (κ2) is 12.8. The summed E-state index contributed by atoms with van der Waals surface area (Å²) in [6, 6.07) is 8.84.